The van der Waals surface area contributed by atoms with Crippen molar-refractivity contribution >= 4 is 11.8 Å². The number of aliphatic carboxylic acids is 1. The average molecular weight is 344 g/mol. The first kappa shape index (κ1) is 21.1. The number of ketones is 1. The molecule has 6 nitrogen and oxygen atoms in total. The number of rotatable bonds is 11. The second-order valence-electron chi connectivity index (χ2n) is 7.04. The standard InChI is InChI=1S/C18H32O6/c1-4-5-13(19)8-15(23-3)6-12(2)7-16-9-14(20)10-17(24-16)11-18(21)22/h12-13,15-17,19H,4-11H2,1-3H3,(H,21,22)/t12-,13-,15-,16+,17+/m0/s1. The van der Waals surface area contributed by atoms with Gasteiger partial charge in [-0.1, -0.05) is 20.3 Å². The van der Waals surface area contributed by atoms with Gasteiger partial charge in [-0.15, -0.1) is 0 Å². The van der Waals surface area contributed by atoms with E-state index in [-0.39, 0.29) is 42.9 Å². The van der Waals surface area contributed by atoms with Gasteiger partial charge in [0.1, 0.15) is 5.78 Å². The fraction of sp³-hybridized carbons (Fsp3) is 0.889. The Morgan fingerprint density at radius 2 is 2.00 bits per heavy atom. The Kier molecular flexibility index (Phi) is 9.48. The number of carboxylic acids is 1. The zero-order chi connectivity index (χ0) is 18.1. The molecule has 1 rings (SSSR count). The highest BCUT2D eigenvalue weighted by atomic mass is 16.5. The molecule has 0 unspecified atom stereocenters. The van der Waals surface area contributed by atoms with Crippen LogP contribution in [0.2, 0.25) is 0 Å². The number of carbonyl (C=O) groups excluding carboxylic acids is 1. The van der Waals surface area contributed by atoms with E-state index in [1.165, 1.54) is 0 Å². The van der Waals surface area contributed by atoms with Crippen molar-refractivity contribution in [1.82, 2.24) is 0 Å². The van der Waals surface area contributed by atoms with Crippen LogP contribution in [0, 0.1) is 5.92 Å². The van der Waals surface area contributed by atoms with Crippen LogP contribution in [0.15, 0.2) is 0 Å². The minimum atomic E-state index is -0.939. The lowest BCUT2D eigenvalue weighted by Crippen LogP contribution is -2.35. The Morgan fingerprint density at radius 1 is 1.33 bits per heavy atom. The maximum atomic E-state index is 11.8. The average Bonchev–Trinajstić information content (AvgIpc) is 2.45. The molecular formula is C18H32O6. The summed E-state index contributed by atoms with van der Waals surface area (Å²) < 4.78 is 11.3. The van der Waals surface area contributed by atoms with E-state index in [0.29, 0.717) is 19.3 Å². The minimum absolute atomic E-state index is 0.0179. The summed E-state index contributed by atoms with van der Waals surface area (Å²) in [6, 6.07) is 0. The van der Waals surface area contributed by atoms with Gasteiger partial charge in [-0.3, -0.25) is 9.59 Å². The molecule has 1 fully saturated rings. The number of methoxy groups -OCH3 is 1. The van der Waals surface area contributed by atoms with Crippen LogP contribution in [0.1, 0.15) is 65.2 Å². The Hall–Kier alpha value is -0.980. The first-order valence-electron chi connectivity index (χ1n) is 8.93. The predicted molar refractivity (Wildman–Crippen MR) is 89.9 cm³/mol. The summed E-state index contributed by atoms with van der Waals surface area (Å²) in [5.41, 5.74) is 0. The first-order valence-corrected chi connectivity index (χ1v) is 8.93. The van der Waals surface area contributed by atoms with Crippen molar-refractivity contribution in [2.24, 2.45) is 5.92 Å². The van der Waals surface area contributed by atoms with Gasteiger partial charge in [-0.05, 0) is 31.6 Å². The van der Waals surface area contributed by atoms with Gasteiger partial charge in [0.2, 0.25) is 0 Å². The molecule has 1 aliphatic heterocycles. The second kappa shape index (κ2) is 10.8. The van der Waals surface area contributed by atoms with E-state index in [0.717, 1.165) is 19.3 Å². The fourth-order valence-electron chi connectivity index (χ4n) is 3.45. The van der Waals surface area contributed by atoms with Crippen LogP contribution in [-0.4, -0.2) is 53.5 Å². The summed E-state index contributed by atoms with van der Waals surface area (Å²) in [7, 11) is 1.65. The largest absolute Gasteiger partial charge is 0.481 e. The quantitative estimate of drug-likeness (QED) is 0.598. The molecule has 1 aliphatic rings. The normalized spacial score (nSPS) is 25.2. The van der Waals surface area contributed by atoms with Crippen molar-refractivity contribution in [2.45, 2.75) is 89.6 Å². The first-order chi connectivity index (χ1) is 11.3. The molecule has 1 saturated heterocycles. The maximum absolute atomic E-state index is 11.8. The number of carbonyl (C=O) groups is 2. The number of aliphatic hydroxyl groups is 1. The van der Waals surface area contributed by atoms with Gasteiger partial charge in [0.25, 0.3) is 0 Å². The second-order valence-corrected chi connectivity index (χ2v) is 7.04. The molecule has 0 spiro atoms. The van der Waals surface area contributed by atoms with Gasteiger partial charge in [-0.25, -0.2) is 0 Å². The molecule has 0 saturated carbocycles. The van der Waals surface area contributed by atoms with Gasteiger partial charge >= 0.3 is 5.97 Å². The van der Waals surface area contributed by atoms with E-state index in [1.807, 2.05) is 6.92 Å². The smallest absolute Gasteiger partial charge is 0.305 e. The molecule has 0 radical (unpaired) electrons. The van der Waals surface area contributed by atoms with Crippen molar-refractivity contribution in [3.8, 4) is 0 Å². The molecule has 6 heteroatoms. The highest BCUT2D eigenvalue weighted by Crippen LogP contribution is 2.26. The van der Waals surface area contributed by atoms with Crippen LogP contribution < -0.4 is 0 Å². The van der Waals surface area contributed by atoms with Crippen LogP contribution >= 0.6 is 0 Å². The molecule has 24 heavy (non-hydrogen) atoms. The molecule has 0 bridgehead atoms. The number of ether oxygens (including phenoxy) is 2. The number of hydrogen-bond donors (Lipinski definition) is 2. The van der Waals surface area contributed by atoms with Gasteiger partial charge in [0.15, 0.2) is 0 Å². The molecule has 140 valence electrons. The third-order valence-electron chi connectivity index (χ3n) is 4.52. The Bertz CT molecular complexity index is 395. The lowest BCUT2D eigenvalue weighted by Gasteiger charge is -2.31. The van der Waals surface area contributed by atoms with Crippen molar-refractivity contribution < 1.29 is 29.3 Å². The Balaban J connectivity index is 2.45. The lowest BCUT2D eigenvalue weighted by atomic mass is 9.90. The maximum Gasteiger partial charge on any atom is 0.305 e. The zero-order valence-electron chi connectivity index (χ0n) is 15.1. The van der Waals surface area contributed by atoms with Gasteiger partial charge < -0.3 is 19.7 Å². The molecular weight excluding hydrogens is 312 g/mol. The van der Waals surface area contributed by atoms with E-state index in [2.05, 4.69) is 6.92 Å². The van der Waals surface area contributed by atoms with E-state index in [4.69, 9.17) is 14.6 Å². The van der Waals surface area contributed by atoms with Crippen LogP contribution in [-0.2, 0) is 19.1 Å². The predicted octanol–water partition coefficient (Wildman–Crippen LogP) is 2.56. The van der Waals surface area contributed by atoms with Crippen molar-refractivity contribution in [1.29, 1.82) is 0 Å². The van der Waals surface area contributed by atoms with E-state index >= 15 is 0 Å². The Labute approximate surface area is 144 Å². The van der Waals surface area contributed by atoms with E-state index in [9.17, 15) is 14.7 Å². The summed E-state index contributed by atoms with van der Waals surface area (Å²) in [6.07, 6.45) is 3.14. The third-order valence-corrected chi connectivity index (χ3v) is 4.52. The van der Waals surface area contributed by atoms with E-state index < -0.39 is 12.1 Å². The minimum Gasteiger partial charge on any atom is -0.481 e. The van der Waals surface area contributed by atoms with Crippen molar-refractivity contribution in [3.63, 3.8) is 0 Å². The van der Waals surface area contributed by atoms with Crippen LogP contribution in [0.4, 0.5) is 0 Å². The van der Waals surface area contributed by atoms with Crippen LogP contribution in [0.25, 0.3) is 0 Å². The number of carboxylic acid groups (broad SMARTS) is 1. The summed E-state index contributed by atoms with van der Waals surface area (Å²) in [5, 5.41) is 18.8. The Morgan fingerprint density at radius 3 is 2.58 bits per heavy atom. The summed E-state index contributed by atoms with van der Waals surface area (Å²) in [6.45, 7) is 4.12. The molecule has 0 amide bonds. The highest BCUT2D eigenvalue weighted by Gasteiger charge is 2.30. The molecule has 5 atom stereocenters. The van der Waals surface area contributed by atoms with E-state index in [1.54, 1.807) is 7.11 Å². The van der Waals surface area contributed by atoms with Gasteiger partial charge in [0, 0.05) is 20.0 Å². The lowest BCUT2D eigenvalue weighted by molar-refractivity contribution is -0.148. The molecule has 1 heterocycles. The summed E-state index contributed by atoms with van der Waals surface area (Å²) >= 11 is 0. The molecule has 0 aliphatic carbocycles. The topological polar surface area (TPSA) is 93.1 Å². The van der Waals surface area contributed by atoms with Crippen LogP contribution in [0.3, 0.4) is 0 Å². The van der Waals surface area contributed by atoms with Crippen molar-refractivity contribution in [3.05, 3.63) is 0 Å². The number of Topliss-reactive ketones (excluding diaryl/α,β-unsaturated/α-hetero) is 1. The van der Waals surface area contributed by atoms with Gasteiger partial charge in [0.05, 0.1) is 30.8 Å². The highest BCUT2D eigenvalue weighted by molar-refractivity contribution is 5.81. The number of aliphatic hydroxyl groups excluding tert-OH is 1. The molecule has 0 aromatic carbocycles. The summed E-state index contributed by atoms with van der Waals surface area (Å²) in [4.78, 5) is 22.6. The fourth-order valence-corrected chi connectivity index (χ4v) is 3.45. The summed E-state index contributed by atoms with van der Waals surface area (Å²) in [5.74, 6) is -0.595. The zero-order valence-corrected chi connectivity index (χ0v) is 15.1. The third kappa shape index (κ3) is 8.22. The molecule has 0 aromatic rings. The SMILES string of the molecule is CCC[C@H](O)C[C@H](C[C@H](C)C[C@@H]1CC(=O)C[C@H](CC(=O)O)O1)OC. The van der Waals surface area contributed by atoms with Crippen molar-refractivity contribution in [2.75, 3.05) is 7.11 Å². The number of hydrogen-bond acceptors (Lipinski definition) is 5. The molecule has 2 N–H and O–H groups in total. The van der Waals surface area contributed by atoms with Gasteiger partial charge in [-0.2, -0.15) is 0 Å². The van der Waals surface area contributed by atoms with Crippen LogP contribution in [0.5, 0.6) is 0 Å². The monoisotopic (exact) mass is 344 g/mol. The molecule has 0 aromatic heterocycles.